The van der Waals surface area contributed by atoms with E-state index >= 15 is 0 Å². The Morgan fingerprint density at radius 2 is 2.19 bits per heavy atom. The molecule has 90 valence electrons. The second kappa shape index (κ2) is 6.09. The molecule has 0 saturated heterocycles. The summed E-state index contributed by atoms with van der Waals surface area (Å²) in [6.45, 7) is 4.86. The predicted molar refractivity (Wildman–Crippen MR) is 68.1 cm³/mol. The van der Waals surface area contributed by atoms with Gasteiger partial charge in [0.25, 0.3) is 0 Å². The summed E-state index contributed by atoms with van der Waals surface area (Å²) in [4.78, 5) is 0. The molecular weight excluding hydrogens is 273 g/mol. The number of benzene rings is 1. The summed E-state index contributed by atoms with van der Waals surface area (Å²) < 4.78 is 19.1. The number of rotatable bonds is 5. The van der Waals surface area contributed by atoms with Crippen molar-refractivity contribution in [1.82, 2.24) is 0 Å². The van der Waals surface area contributed by atoms with Gasteiger partial charge in [0.15, 0.2) is 5.75 Å². The fourth-order valence-electron chi connectivity index (χ4n) is 1.53. The Kier molecular flexibility index (Phi) is 5.06. The third-order valence-corrected chi connectivity index (χ3v) is 2.92. The minimum Gasteiger partial charge on any atom is -0.490 e. The Morgan fingerprint density at radius 3 is 2.75 bits per heavy atom. The molecule has 0 heterocycles. The average molecular weight is 290 g/mol. The summed E-state index contributed by atoms with van der Waals surface area (Å²) in [5.74, 6) is 0.643. The van der Waals surface area contributed by atoms with Crippen LogP contribution in [0.15, 0.2) is 16.6 Å². The van der Waals surface area contributed by atoms with Gasteiger partial charge in [-0.2, -0.15) is 0 Å². The Bertz CT molecular complexity index is 334. The molecule has 0 radical (unpaired) electrons. The van der Waals surface area contributed by atoms with Crippen molar-refractivity contribution >= 4 is 21.6 Å². The van der Waals surface area contributed by atoms with E-state index in [2.05, 4.69) is 29.8 Å². The van der Waals surface area contributed by atoms with Crippen LogP contribution >= 0.6 is 15.9 Å². The largest absolute Gasteiger partial charge is 0.490 e. The zero-order valence-corrected chi connectivity index (χ0v) is 11.2. The number of nitrogen functional groups attached to an aromatic ring is 1. The van der Waals surface area contributed by atoms with Gasteiger partial charge < -0.3 is 10.5 Å². The SMILES string of the molecule is CCCC(C)COc1c(N)cc(F)cc1Br. The summed E-state index contributed by atoms with van der Waals surface area (Å²) >= 11 is 3.24. The van der Waals surface area contributed by atoms with Gasteiger partial charge in [0.1, 0.15) is 5.82 Å². The van der Waals surface area contributed by atoms with Crippen LogP contribution in [0.4, 0.5) is 10.1 Å². The van der Waals surface area contributed by atoms with Gasteiger partial charge >= 0.3 is 0 Å². The molecule has 0 fully saturated rings. The molecule has 1 unspecified atom stereocenters. The molecule has 2 nitrogen and oxygen atoms in total. The van der Waals surface area contributed by atoms with E-state index in [0.29, 0.717) is 28.4 Å². The summed E-state index contributed by atoms with van der Waals surface area (Å²) in [5, 5.41) is 0. The Hall–Kier alpha value is -0.770. The van der Waals surface area contributed by atoms with E-state index in [4.69, 9.17) is 10.5 Å². The quantitative estimate of drug-likeness (QED) is 0.832. The van der Waals surface area contributed by atoms with Crippen LogP contribution in [-0.2, 0) is 0 Å². The van der Waals surface area contributed by atoms with Gasteiger partial charge in [-0.15, -0.1) is 0 Å². The first-order valence-corrected chi connectivity index (χ1v) is 6.21. The fourth-order valence-corrected chi connectivity index (χ4v) is 2.10. The molecule has 0 aromatic heterocycles. The van der Waals surface area contributed by atoms with Crippen LogP contribution in [0.25, 0.3) is 0 Å². The van der Waals surface area contributed by atoms with Crippen LogP contribution in [0.3, 0.4) is 0 Å². The fraction of sp³-hybridized carbons (Fsp3) is 0.500. The van der Waals surface area contributed by atoms with Crippen molar-refractivity contribution in [1.29, 1.82) is 0 Å². The van der Waals surface area contributed by atoms with E-state index in [0.717, 1.165) is 12.8 Å². The van der Waals surface area contributed by atoms with E-state index in [1.807, 2.05) is 0 Å². The first-order chi connectivity index (χ1) is 7.54. The van der Waals surface area contributed by atoms with Gasteiger partial charge in [-0.05, 0) is 34.3 Å². The van der Waals surface area contributed by atoms with Gasteiger partial charge in [0.05, 0.1) is 16.8 Å². The van der Waals surface area contributed by atoms with Crippen molar-refractivity contribution in [2.45, 2.75) is 26.7 Å². The number of hydrogen-bond donors (Lipinski definition) is 1. The molecule has 1 atom stereocenters. The molecule has 1 rings (SSSR count). The van der Waals surface area contributed by atoms with Gasteiger partial charge in [-0.25, -0.2) is 4.39 Å². The Morgan fingerprint density at radius 1 is 1.50 bits per heavy atom. The topological polar surface area (TPSA) is 35.2 Å². The Labute approximate surface area is 104 Å². The molecule has 0 aliphatic carbocycles. The molecule has 1 aromatic carbocycles. The van der Waals surface area contributed by atoms with Crippen molar-refractivity contribution in [2.75, 3.05) is 12.3 Å². The van der Waals surface area contributed by atoms with Crippen LogP contribution in [-0.4, -0.2) is 6.61 Å². The lowest BCUT2D eigenvalue weighted by Crippen LogP contribution is -2.09. The van der Waals surface area contributed by atoms with Crippen LogP contribution in [0, 0.1) is 11.7 Å². The molecule has 0 bridgehead atoms. The number of halogens is 2. The van der Waals surface area contributed by atoms with Gasteiger partial charge in [-0.3, -0.25) is 0 Å². The van der Waals surface area contributed by atoms with Crippen molar-refractivity contribution in [3.63, 3.8) is 0 Å². The van der Waals surface area contributed by atoms with E-state index in [-0.39, 0.29) is 5.82 Å². The lowest BCUT2D eigenvalue weighted by atomic mass is 10.1. The first kappa shape index (κ1) is 13.3. The number of ether oxygens (including phenoxy) is 1. The molecular formula is C12H17BrFNO. The molecule has 16 heavy (non-hydrogen) atoms. The zero-order valence-electron chi connectivity index (χ0n) is 9.59. The lowest BCUT2D eigenvalue weighted by Gasteiger charge is -2.14. The Balaban J connectivity index is 2.67. The molecule has 4 heteroatoms. The smallest absolute Gasteiger partial charge is 0.156 e. The monoisotopic (exact) mass is 289 g/mol. The standard InChI is InChI=1S/C12H17BrFNO/c1-3-4-8(2)7-16-12-10(13)5-9(14)6-11(12)15/h5-6,8H,3-4,7,15H2,1-2H3. The molecule has 1 aromatic rings. The van der Waals surface area contributed by atoms with Crippen LogP contribution in [0.5, 0.6) is 5.75 Å². The molecule has 0 amide bonds. The molecule has 2 N–H and O–H groups in total. The lowest BCUT2D eigenvalue weighted by molar-refractivity contribution is 0.251. The van der Waals surface area contributed by atoms with E-state index in [9.17, 15) is 4.39 Å². The van der Waals surface area contributed by atoms with Gasteiger partial charge in [0, 0.05) is 6.07 Å². The summed E-state index contributed by atoms with van der Waals surface area (Å²) in [6.07, 6.45) is 2.24. The molecule has 0 saturated carbocycles. The summed E-state index contributed by atoms with van der Waals surface area (Å²) in [7, 11) is 0. The van der Waals surface area contributed by atoms with Crippen molar-refractivity contribution < 1.29 is 9.13 Å². The van der Waals surface area contributed by atoms with Gasteiger partial charge in [-0.1, -0.05) is 20.3 Å². The van der Waals surface area contributed by atoms with E-state index < -0.39 is 0 Å². The minimum absolute atomic E-state index is 0.329. The van der Waals surface area contributed by atoms with Crippen molar-refractivity contribution in [2.24, 2.45) is 5.92 Å². The highest BCUT2D eigenvalue weighted by Gasteiger charge is 2.10. The highest BCUT2D eigenvalue weighted by Crippen LogP contribution is 2.32. The van der Waals surface area contributed by atoms with E-state index in [1.165, 1.54) is 12.1 Å². The zero-order chi connectivity index (χ0) is 12.1. The molecule has 0 aliphatic heterocycles. The number of hydrogen-bond acceptors (Lipinski definition) is 2. The summed E-state index contributed by atoms with van der Waals surface area (Å²) in [6, 6.07) is 2.63. The third kappa shape index (κ3) is 3.67. The number of nitrogens with two attached hydrogens (primary N) is 1. The van der Waals surface area contributed by atoms with Crippen LogP contribution in [0.2, 0.25) is 0 Å². The maximum atomic E-state index is 13.0. The van der Waals surface area contributed by atoms with Crippen LogP contribution < -0.4 is 10.5 Å². The van der Waals surface area contributed by atoms with Gasteiger partial charge in [0.2, 0.25) is 0 Å². The summed E-state index contributed by atoms with van der Waals surface area (Å²) in [5.41, 5.74) is 6.02. The van der Waals surface area contributed by atoms with Crippen molar-refractivity contribution in [3.05, 3.63) is 22.4 Å². The van der Waals surface area contributed by atoms with Crippen LogP contribution in [0.1, 0.15) is 26.7 Å². The highest BCUT2D eigenvalue weighted by atomic mass is 79.9. The molecule has 0 aliphatic rings. The normalized spacial score (nSPS) is 12.5. The second-order valence-electron chi connectivity index (χ2n) is 4.01. The first-order valence-electron chi connectivity index (χ1n) is 5.42. The average Bonchev–Trinajstić information content (AvgIpc) is 2.16. The maximum absolute atomic E-state index is 13.0. The molecule has 0 spiro atoms. The van der Waals surface area contributed by atoms with Crippen molar-refractivity contribution in [3.8, 4) is 5.75 Å². The third-order valence-electron chi connectivity index (χ3n) is 2.33. The van der Waals surface area contributed by atoms with E-state index in [1.54, 1.807) is 0 Å². The highest BCUT2D eigenvalue weighted by molar-refractivity contribution is 9.10. The predicted octanol–water partition coefficient (Wildman–Crippen LogP) is 3.99. The minimum atomic E-state index is -0.363. The maximum Gasteiger partial charge on any atom is 0.156 e. The number of anilines is 1. The second-order valence-corrected chi connectivity index (χ2v) is 4.87.